The van der Waals surface area contributed by atoms with Crippen molar-refractivity contribution in [3.63, 3.8) is 0 Å². The molecule has 0 amide bonds. The molecule has 5 heteroatoms. The summed E-state index contributed by atoms with van der Waals surface area (Å²) in [6.45, 7) is 6.83. The van der Waals surface area contributed by atoms with Crippen molar-refractivity contribution in [3.05, 3.63) is 17.5 Å². The predicted molar refractivity (Wildman–Crippen MR) is 60.1 cm³/mol. The van der Waals surface area contributed by atoms with Gasteiger partial charge in [0.25, 0.3) is 0 Å². The number of nitrogens with zero attached hydrogens (tertiary/aromatic N) is 3. The van der Waals surface area contributed by atoms with Crippen LogP contribution in [0.2, 0.25) is 0 Å². The lowest BCUT2D eigenvalue weighted by atomic mass is 10.1. The molecule has 0 aromatic carbocycles. The molecule has 3 rings (SSSR count). The van der Waals surface area contributed by atoms with Crippen LogP contribution < -0.4 is 10.4 Å². The van der Waals surface area contributed by atoms with E-state index in [1.165, 1.54) is 0 Å². The van der Waals surface area contributed by atoms with Crippen molar-refractivity contribution >= 4 is 5.95 Å². The highest BCUT2D eigenvalue weighted by Crippen LogP contribution is 2.26. The second-order valence-electron chi connectivity index (χ2n) is 4.57. The Hall–Kier alpha value is -1.20. The molecule has 3 heterocycles. The summed E-state index contributed by atoms with van der Waals surface area (Å²) in [5.74, 6) is 1.27. The minimum Gasteiger partial charge on any atom is -0.314 e. The first-order chi connectivity index (χ1) is 7.72. The summed E-state index contributed by atoms with van der Waals surface area (Å²) >= 11 is 0. The maximum absolute atomic E-state index is 5.83. The van der Waals surface area contributed by atoms with E-state index in [4.69, 9.17) is 4.84 Å². The van der Waals surface area contributed by atoms with Crippen molar-refractivity contribution in [1.29, 1.82) is 0 Å². The third-order valence-electron chi connectivity index (χ3n) is 3.13. The average Bonchev–Trinajstić information content (AvgIpc) is 2.74. The van der Waals surface area contributed by atoms with Crippen molar-refractivity contribution < 1.29 is 4.84 Å². The molecule has 0 unspecified atom stereocenters. The van der Waals surface area contributed by atoms with Crippen LogP contribution in [0.1, 0.15) is 11.4 Å². The van der Waals surface area contributed by atoms with Gasteiger partial charge in [-0.2, -0.15) is 0 Å². The summed E-state index contributed by atoms with van der Waals surface area (Å²) in [5, 5.41) is 5.17. The van der Waals surface area contributed by atoms with E-state index in [2.05, 4.69) is 15.3 Å². The predicted octanol–water partition coefficient (Wildman–Crippen LogP) is 0.433. The van der Waals surface area contributed by atoms with Crippen LogP contribution in [0, 0.1) is 19.8 Å². The van der Waals surface area contributed by atoms with Crippen molar-refractivity contribution in [3.8, 4) is 0 Å². The molecule has 2 aliphatic rings. The van der Waals surface area contributed by atoms with Crippen LogP contribution in [0.5, 0.6) is 0 Å². The van der Waals surface area contributed by atoms with Crippen LogP contribution >= 0.6 is 0 Å². The number of aromatic nitrogens is 2. The Balaban J connectivity index is 1.83. The van der Waals surface area contributed by atoms with Gasteiger partial charge < -0.3 is 5.32 Å². The van der Waals surface area contributed by atoms with E-state index in [-0.39, 0.29) is 0 Å². The quantitative estimate of drug-likeness (QED) is 0.744. The second kappa shape index (κ2) is 3.68. The van der Waals surface area contributed by atoms with Crippen molar-refractivity contribution in [2.45, 2.75) is 20.0 Å². The average molecular weight is 220 g/mol. The number of aryl methyl sites for hydroxylation is 2. The zero-order chi connectivity index (χ0) is 11.1. The van der Waals surface area contributed by atoms with Gasteiger partial charge in [-0.1, -0.05) is 0 Å². The summed E-state index contributed by atoms with van der Waals surface area (Å²) in [5.41, 5.74) is 1.97. The second-order valence-corrected chi connectivity index (χ2v) is 4.57. The van der Waals surface area contributed by atoms with Gasteiger partial charge in [0.2, 0.25) is 5.95 Å². The van der Waals surface area contributed by atoms with Crippen LogP contribution in [0.3, 0.4) is 0 Å². The number of rotatable bonds is 1. The van der Waals surface area contributed by atoms with Gasteiger partial charge >= 0.3 is 0 Å². The molecule has 86 valence electrons. The molecule has 0 saturated carbocycles. The molecule has 1 aromatic rings. The first-order valence-electron chi connectivity index (χ1n) is 5.70. The summed E-state index contributed by atoms with van der Waals surface area (Å²) in [6, 6.07) is 1.97. The fourth-order valence-electron chi connectivity index (χ4n) is 2.38. The van der Waals surface area contributed by atoms with Crippen LogP contribution in [0.15, 0.2) is 6.07 Å². The van der Waals surface area contributed by atoms with Crippen LogP contribution in [-0.4, -0.2) is 35.7 Å². The van der Waals surface area contributed by atoms with Gasteiger partial charge in [-0.15, -0.1) is 0 Å². The van der Waals surface area contributed by atoms with E-state index in [0.29, 0.717) is 18.0 Å². The van der Waals surface area contributed by atoms with E-state index in [1.807, 2.05) is 25.0 Å². The van der Waals surface area contributed by atoms with Crippen molar-refractivity contribution in [1.82, 2.24) is 15.3 Å². The van der Waals surface area contributed by atoms with Gasteiger partial charge in [0.1, 0.15) is 6.10 Å². The van der Waals surface area contributed by atoms with Crippen molar-refractivity contribution in [2.75, 3.05) is 24.7 Å². The van der Waals surface area contributed by atoms with Gasteiger partial charge in [-0.05, 0) is 19.9 Å². The third kappa shape index (κ3) is 1.66. The molecule has 16 heavy (non-hydrogen) atoms. The van der Waals surface area contributed by atoms with Gasteiger partial charge in [0.05, 0.1) is 6.54 Å². The number of fused-ring (bicyclic) bond motifs is 1. The minimum absolute atomic E-state index is 0.296. The number of anilines is 1. The van der Waals surface area contributed by atoms with Gasteiger partial charge in [0, 0.05) is 30.4 Å². The fraction of sp³-hybridized carbons (Fsp3) is 0.636. The molecule has 2 fully saturated rings. The van der Waals surface area contributed by atoms with Crippen LogP contribution in [0.25, 0.3) is 0 Å². The van der Waals surface area contributed by atoms with Gasteiger partial charge in [-0.3, -0.25) is 4.84 Å². The maximum Gasteiger partial charge on any atom is 0.250 e. The number of hydrogen-bond acceptors (Lipinski definition) is 5. The van der Waals surface area contributed by atoms with E-state index in [0.717, 1.165) is 31.0 Å². The molecule has 2 saturated heterocycles. The normalized spacial score (nSPS) is 28.5. The topological polar surface area (TPSA) is 50.3 Å². The van der Waals surface area contributed by atoms with Crippen LogP contribution in [0.4, 0.5) is 5.95 Å². The minimum atomic E-state index is 0.296. The third-order valence-corrected chi connectivity index (χ3v) is 3.13. The molecule has 0 bridgehead atoms. The fourth-order valence-corrected chi connectivity index (χ4v) is 2.38. The SMILES string of the molecule is Cc1cc(C)nc(N2C[C@H]3CNC[C@H]3O2)n1. The maximum atomic E-state index is 5.83. The molecule has 1 N–H and O–H groups in total. The summed E-state index contributed by atoms with van der Waals surface area (Å²) in [4.78, 5) is 14.7. The van der Waals surface area contributed by atoms with Gasteiger partial charge in [0.15, 0.2) is 0 Å². The summed E-state index contributed by atoms with van der Waals surface area (Å²) in [7, 11) is 0. The van der Waals surface area contributed by atoms with E-state index in [9.17, 15) is 0 Å². The highest BCUT2D eigenvalue weighted by Gasteiger charge is 2.38. The molecule has 0 spiro atoms. The Labute approximate surface area is 94.8 Å². The lowest BCUT2D eigenvalue weighted by Gasteiger charge is -2.16. The highest BCUT2D eigenvalue weighted by molar-refractivity contribution is 5.30. The standard InChI is InChI=1S/C11H16N4O/c1-7-3-8(2)14-11(13-7)15-6-9-4-12-5-10(9)16-15/h3,9-10,12H,4-6H2,1-2H3/t9-,10-/m1/s1. The molecule has 1 aromatic heterocycles. The zero-order valence-corrected chi connectivity index (χ0v) is 9.60. The largest absolute Gasteiger partial charge is 0.314 e. The molecule has 2 aliphatic heterocycles. The van der Waals surface area contributed by atoms with Crippen LogP contribution in [-0.2, 0) is 4.84 Å². The highest BCUT2D eigenvalue weighted by atomic mass is 16.7. The lowest BCUT2D eigenvalue weighted by Crippen LogP contribution is -2.26. The molecule has 2 atom stereocenters. The Morgan fingerprint density at radius 2 is 2.06 bits per heavy atom. The molecular weight excluding hydrogens is 204 g/mol. The van der Waals surface area contributed by atoms with Gasteiger partial charge in [-0.25, -0.2) is 15.0 Å². The monoisotopic (exact) mass is 220 g/mol. The molecule has 0 radical (unpaired) electrons. The smallest absolute Gasteiger partial charge is 0.250 e. The Morgan fingerprint density at radius 3 is 2.75 bits per heavy atom. The van der Waals surface area contributed by atoms with E-state index >= 15 is 0 Å². The lowest BCUT2D eigenvalue weighted by molar-refractivity contribution is 0.0863. The first kappa shape index (κ1) is 9.99. The summed E-state index contributed by atoms with van der Waals surface area (Å²) in [6.07, 6.45) is 0.296. The zero-order valence-electron chi connectivity index (χ0n) is 9.60. The number of hydroxylamine groups is 1. The van der Waals surface area contributed by atoms with Crippen molar-refractivity contribution in [2.24, 2.45) is 5.92 Å². The Morgan fingerprint density at radius 1 is 1.31 bits per heavy atom. The first-order valence-corrected chi connectivity index (χ1v) is 5.70. The number of nitrogens with one attached hydrogen (secondary N) is 1. The summed E-state index contributed by atoms with van der Waals surface area (Å²) < 4.78 is 0. The molecular formula is C11H16N4O. The Kier molecular flexibility index (Phi) is 2.29. The number of hydrogen-bond donors (Lipinski definition) is 1. The van der Waals surface area contributed by atoms with E-state index in [1.54, 1.807) is 0 Å². The molecule has 5 nitrogen and oxygen atoms in total. The Bertz CT molecular complexity index is 377. The van der Waals surface area contributed by atoms with E-state index < -0.39 is 0 Å². The molecule has 0 aliphatic carbocycles.